The van der Waals surface area contributed by atoms with E-state index >= 15 is 0 Å². The zero-order chi connectivity index (χ0) is 14.9. The Hall–Kier alpha value is -1.16. The molecule has 3 rings (SSSR count). The van der Waals surface area contributed by atoms with E-state index in [1.807, 2.05) is 6.20 Å². The number of anilines is 1. The normalized spacial score (nSPS) is 21.4. The molecule has 1 spiro atoms. The van der Waals surface area contributed by atoms with Gasteiger partial charge in [0.25, 0.3) is 0 Å². The topological polar surface area (TPSA) is 55.0 Å². The summed E-state index contributed by atoms with van der Waals surface area (Å²) in [6, 6.07) is 0. The first kappa shape index (κ1) is 14.8. The van der Waals surface area contributed by atoms with Gasteiger partial charge in [-0.2, -0.15) is 0 Å². The molecule has 116 valence electrons. The SMILES string of the molecule is CC(C)c1ncc(N2CCC3(CCCC3)CC2)c(CN)n1. The Morgan fingerprint density at radius 3 is 2.43 bits per heavy atom. The Balaban J connectivity index is 1.75. The molecule has 2 heterocycles. The van der Waals surface area contributed by atoms with Gasteiger partial charge in [-0.1, -0.05) is 26.7 Å². The van der Waals surface area contributed by atoms with Gasteiger partial charge in [0, 0.05) is 25.6 Å². The Morgan fingerprint density at radius 1 is 1.19 bits per heavy atom. The summed E-state index contributed by atoms with van der Waals surface area (Å²) in [6.45, 7) is 7.02. The lowest BCUT2D eigenvalue weighted by Crippen LogP contribution is -2.39. The molecule has 0 unspecified atom stereocenters. The molecule has 0 bridgehead atoms. The van der Waals surface area contributed by atoms with Crippen LogP contribution < -0.4 is 10.6 Å². The Morgan fingerprint density at radius 2 is 1.86 bits per heavy atom. The molecule has 1 saturated heterocycles. The first-order valence-electron chi connectivity index (χ1n) is 8.44. The molecule has 1 aromatic heterocycles. The summed E-state index contributed by atoms with van der Waals surface area (Å²) < 4.78 is 0. The summed E-state index contributed by atoms with van der Waals surface area (Å²) in [5, 5.41) is 0. The minimum absolute atomic E-state index is 0.354. The molecule has 1 aromatic rings. The summed E-state index contributed by atoms with van der Waals surface area (Å²) in [4.78, 5) is 11.7. The summed E-state index contributed by atoms with van der Waals surface area (Å²) in [6.07, 6.45) is 10.4. The highest BCUT2D eigenvalue weighted by atomic mass is 15.2. The lowest BCUT2D eigenvalue weighted by molar-refractivity contribution is 0.226. The van der Waals surface area contributed by atoms with Gasteiger partial charge in [0.2, 0.25) is 0 Å². The van der Waals surface area contributed by atoms with Crippen LogP contribution in [-0.4, -0.2) is 23.1 Å². The van der Waals surface area contributed by atoms with Gasteiger partial charge >= 0.3 is 0 Å². The number of nitrogens with two attached hydrogens (primary N) is 1. The zero-order valence-corrected chi connectivity index (χ0v) is 13.4. The van der Waals surface area contributed by atoms with E-state index in [0.29, 0.717) is 17.9 Å². The molecule has 21 heavy (non-hydrogen) atoms. The molecule has 4 heteroatoms. The summed E-state index contributed by atoms with van der Waals surface area (Å²) in [5.74, 6) is 1.26. The van der Waals surface area contributed by atoms with Crippen molar-refractivity contribution >= 4 is 5.69 Å². The molecule has 0 radical (unpaired) electrons. The molecule has 0 aromatic carbocycles. The molecule has 0 amide bonds. The predicted molar refractivity (Wildman–Crippen MR) is 86.4 cm³/mol. The molecule has 1 saturated carbocycles. The van der Waals surface area contributed by atoms with Crippen LogP contribution in [0.25, 0.3) is 0 Å². The van der Waals surface area contributed by atoms with Gasteiger partial charge in [0.05, 0.1) is 17.6 Å². The predicted octanol–water partition coefficient (Wildman–Crippen LogP) is 3.22. The quantitative estimate of drug-likeness (QED) is 0.928. The summed E-state index contributed by atoms with van der Waals surface area (Å²) in [5.41, 5.74) is 8.75. The summed E-state index contributed by atoms with van der Waals surface area (Å²) >= 11 is 0. The molecule has 2 fully saturated rings. The smallest absolute Gasteiger partial charge is 0.131 e. The van der Waals surface area contributed by atoms with Crippen molar-refractivity contribution in [2.75, 3.05) is 18.0 Å². The fourth-order valence-electron chi connectivity index (χ4n) is 3.97. The van der Waals surface area contributed by atoms with Crippen LogP contribution in [0.1, 0.15) is 69.8 Å². The number of hydrogen-bond donors (Lipinski definition) is 1. The van der Waals surface area contributed by atoms with Crippen LogP contribution in [-0.2, 0) is 6.54 Å². The van der Waals surface area contributed by atoms with E-state index < -0.39 is 0 Å². The van der Waals surface area contributed by atoms with Crippen molar-refractivity contribution in [1.29, 1.82) is 0 Å². The Kier molecular flexibility index (Phi) is 4.16. The van der Waals surface area contributed by atoms with Crippen molar-refractivity contribution in [2.24, 2.45) is 11.1 Å². The van der Waals surface area contributed by atoms with Gasteiger partial charge in [-0.15, -0.1) is 0 Å². The average Bonchev–Trinajstić information content (AvgIpc) is 2.95. The highest BCUT2D eigenvalue weighted by molar-refractivity contribution is 5.49. The first-order valence-corrected chi connectivity index (χ1v) is 8.44. The van der Waals surface area contributed by atoms with Crippen molar-refractivity contribution in [3.8, 4) is 0 Å². The van der Waals surface area contributed by atoms with Crippen molar-refractivity contribution < 1.29 is 0 Å². The third kappa shape index (κ3) is 2.91. The third-order valence-electron chi connectivity index (χ3n) is 5.40. The number of rotatable bonds is 3. The largest absolute Gasteiger partial charge is 0.369 e. The maximum Gasteiger partial charge on any atom is 0.131 e. The van der Waals surface area contributed by atoms with E-state index in [2.05, 4.69) is 28.7 Å². The van der Waals surface area contributed by atoms with Gasteiger partial charge in [-0.3, -0.25) is 0 Å². The van der Waals surface area contributed by atoms with E-state index in [1.54, 1.807) is 0 Å². The van der Waals surface area contributed by atoms with E-state index in [9.17, 15) is 0 Å². The van der Waals surface area contributed by atoms with Crippen molar-refractivity contribution in [3.63, 3.8) is 0 Å². The highest BCUT2D eigenvalue weighted by Crippen LogP contribution is 2.46. The molecule has 1 aliphatic carbocycles. The number of piperidine rings is 1. The van der Waals surface area contributed by atoms with Crippen LogP contribution in [0.4, 0.5) is 5.69 Å². The van der Waals surface area contributed by atoms with Crippen LogP contribution >= 0.6 is 0 Å². The van der Waals surface area contributed by atoms with Crippen LogP contribution in [0.3, 0.4) is 0 Å². The zero-order valence-electron chi connectivity index (χ0n) is 13.4. The lowest BCUT2D eigenvalue weighted by Gasteiger charge is -2.40. The monoisotopic (exact) mass is 288 g/mol. The van der Waals surface area contributed by atoms with E-state index in [4.69, 9.17) is 5.73 Å². The van der Waals surface area contributed by atoms with Crippen molar-refractivity contribution in [2.45, 2.75) is 64.8 Å². The fourth-order valence-corrected chi connectivity index (χ4v) is 3.97. The molecule has 2 N–H and O–H groups in total. The second-order valence-corrected chi connectivity index (χ2v) is 7.11. The van der Waals surface area contributed by atoms with Crippen LogP contribution in [0.2, 0.25) is 0 Å². The van der Waals surface area contributed by atoms with Crippen LogP contribution in [0.5, 0.6) is 0 Å². The minimum atomic E-state index is 0.354. The van der Waals surface area contributed by atoms with Gasteiger partial charge in [-0.25, -0.2) is 9.97 Å². The van der Waals surface area contributed by atoms with Crippen LogP contribution in [0, 0.1) is 5.41 Å². The molecule has 2 aliphatic rings. The fraction of sp³-hybridized carbons (Fsp3) is 0.765. The maximum absolute atomic E-state index is 5.93. The third-order valence-corrected chi connectivity index (χ3v) is 5.40. The summed E-state index contributed by atoms with van der Waals surface area (Å²) in [7, 11) is 0. The molecule has 1 aliphatic heterocycles. The van der Waals surface area contributed by atoms with Crippen LogP contribution in [0.15, 0.2) is 6.20 Å². The Labute approximate surface area is 128 Å². The minimum Gasteiger partial charge on any atom is -0.369 e. The lowest BCUT2D eigenvalue weighted by atomic mass is 9.77. The van der Waals surface area contributed by atoms with Gasteiger partial charge in [0.1, 0.15) is 5.82 Å². The van der Waals surface area contributed by atoms with Gasteiger partial charge in [0.15, 0.2) is 0 Å². The first-order chi connectivity index (χ1) is 10.1. The molecular formula is C17H28N4. The Bertz CT molecular complexity index is 482. The van der Waals surface area contributed by atoms with Crippen molar-refractivity contribution in [3.05, 3.63) is 17.7 Å². The number of hydrogen-bond acceptors (Lipinski definition) is 4. The number of nitrogens with zero attached hydrogens (tertiary/aromatic N) is 3. The van der Waals surface area contributed by atoms with E-state index in [0.717, 1.165) is 30.3 Å². The average molecular weight is 288 g/mol. The van der Waals surface area contributed by atoms with Gasteiger partial charge < -0.3 is 10.6 Å². The van der Waals surface area contributed by atoms with E-state index in [-0.39, 0.29) is 0 Å². The van der Waals surface area contributed by atoms with Gasteiger partial charge in [-0.05, 0) is 31.1 Å². The number of aromatic nitrogens is 2. The second-order valence-electron chi connectivity index (χ2n) is 7.11. The second kappa shape index (κ2) is 5.91. The highest BCUT2D eigenvalue weighted by Gasteiger charge is 2.37. The molecular weight excluding hydrogens is 260 g/mol. The molecule has 0 atom stereocenters. The maximum atomic E-state index is 5.93. The van der Waals surface area contributed by atoms with E-state index in [1.165, 1.54) is 38.5 Å². The molecule has 4 nitrogen and oxygen atoms in total. The van der Waals surface area contributed by atoms with Crippen molar-refractivity contribution in [1.82, 2.24) is 9.97 Å². The standard InChI is InChI=1S/C17H28N4/c1-13(2)16-19-12-15(14(11-18)20-16)21-9-7-17(8-10-21)5-3-4-6-17/h12-13H,3-11,18H2,1-2H3.